The number of fused-ring (bicyclic) bond motifs is 3. The highest BCUT2D eigenvalue weighted by molar-refractivity contribution is 7.91. The maximum absolute atomic E-state index is 15.4. The van der Waals surface area contributed by atoms with E-state index in [-0.39, 0.29) is 53.4 Å². The molecule has 0 bridgehead atoms. The summed E-state index contributed by atoms with van der Waals surface area (Å²) in [5.74, 6) is -4.93. The van der Waals surface area contributed by atoms with Crippen LogP contribution in [0.2, 0.25) is 0 Å². The van der Waals surface area contributed by atoms with Gasteiger partial charge in [-0.25, -0.2) is 22.6 Å². The van der Waals surface area contributed by atoms with Gasteiger partial charge in [0.25, 0.3) is 5.91 Å². The molecule has 0 radical (unpaired) electrons. The number of carboxylic acid groups (broad SMARTS) is 1. The normalized spacial score (nSPS) is 26.9. The number of sulfonamides is 1. The average Bonchev–Trinajstić information content (AvgIpc) is 4.13. The van der Waals surface area contributed by atoms with E-state index in [0.717, 1.165) is 4.90 Å². The second-order valence-electron chi connectivity index (χ2n) is 19.8. The van der Waals surface area contributed by atoms with E-state index in [1.54, 1.807) is 50.3 Å². The molecule has 3 N–H and O–H groups in total. The molecule has 7 atom stereocenters. The van der Waals surface area contributed by atoms with Gasteiger partial charge in [-0.2, -0.15) is 13.2 Å². The van der Waals surface area contributed by atoms with Gasteiger partial charge in [-0.15, -0.1) is 0 Å². The van der Waals surface area contributed by atoms with Gasteiger partial charge in [0.05, 0.1) is 35.7 Å². The molecule has 20 heteroatoms. The molecule has 0 spiro atoms. The van der Waals surface area contributed by atoms with Crippen molar-refractivity contribution < 1.29 is 64.5 Å². The van der Waals surface area contributed by atoms with E-state index in [2.05, 4.69) is 10.0 Å². The highest BCUT2D eigenvalue weighted by atomic mass is 32.2. The molecule has 1 aromatic heterocycles. The highest BCUT2D eigenvalue weighted by Crippen LogP contribution is 2.48. The summed E-state index contributed by atoms with van der Waals surface area (Å²) < 4.78 is 105. The Morgan fingerprint density at radius 3 is 2.37 bits per heavy atom. The summed E-state index contributed by atoms with van der Waals surface area (Å²) in [7, 11) is -2.71. The number of ether oxygens (including phenoxy) is 3. The lowest BCUT2D eigenvalue weighted by molar-refractivity contribution is -0.222. The van der Waals surface area contributed by atoms with Crippen molar-refractivity contribution in [2.45, 2.75) is 140 Å². The minimum absolute atomic E-state index is 0.0100. The van der Waals surface area contributed by atoms with E-state index in [4.69, 9.17) is 19.2 Å². The summed E-state index contributed by atoms with van der Waals surface area (Å²) in [5, 5.41) is 13.8. The fourth-order valence-electron chi connectivity index (χ4n) is 9.32. The Kier molecular flexibility index (Phi) is 13.5. The van der Waals surface area contributed by atoms with Gasteiger partial charge in [-0.3, -0.25) is 24.0 Å². The Labute approximate surface area is 393 Å². The third-order valence-electron chi connectivity index (χ3n) is 13.8. The maximum Gasteiger partial charge on any atom is 0.411 e. The zero-order valence-electron chi connectivity index (χ0n) is 39.3. The molecule has 4 amide bonds. The maximum atomic E-state index is 15.4. The lowest BCUT2D eigenvalue weighted by Crippen LogP contribution is -2.66. The summed E-state index contributed by atoms with van der Waals surface area (Å²) in [4.78, 5) is 63.2. The van der Waals surface area contributed by atoms with Gasteiger partial charge >= 0.3 is 12.3 Å². The van der Waals surface area contributed by atoms with Crippen molar-refractivity contribution in [3.63, 3.8) is 0 Å². The third kappa shape index (κ3) is 9.79. The largest absolute Gasteiger partial charge is 0.497 e. The van der Waals surface area contributed by atoms with Crippen molar-refractivity contribution in [2.24, 2.45) is 17.8 Å². The van der Waals surface area contributed by atoms with Crippen molar-refractivity contribution in [3.05, 3.63) is 60.4 Å². The first-order chi connectivity index (χ1) is 31.7. The molecular formula is C48H59F4N5O10S. The van der Waals surface area contributed by atoms with Crippen molar-refractivity contribution in [1.82, 2.24) is 24.8 Å². The van der Waals surface area contributed by atoms with Gasteiger partial charge in [0.2, 0.25) is 21.8 Å². The van der Waals surface area contributed by atoms with Gasteiger partial charge in [-0.05, 0) is 115 Å². The van der Waals surface area contributed by atoms with Crippen LogP contribution in [0.3, 0.4) is 0 Å². The van der Waals surface area contributed by atoms with E-state index in [1.165, 1.54) is 39.2 Å². The Balaban J connectivity index is 1.32. The van der Waals surface area contributed by atoms with Crippen LogP contribution in [0, 0.1) is 23.6 Å². The zero-order chi connectivity index (χ0) is 49.9. The van der Waals surface area contributed by atoms with Crippen molar-refractivity contribution in [1.29, 1.82) is 0 Å². The van der Waals surface area contributed by atoms with E-state index >= 15 is 9.18 Å². The second-order valence-corrected chi connectivity index (χ2v) is 22.0. The number of hydrogen-bond acceptors (Lipinski definition) is 10. The fraction of sp³-hybridized carbons (Fsp3) is 0.562. The molecule has 2 aromatic carbocycles. The summed E-state index contributed by atoms with van der Waals surface area (Å²) >= 11 is 0. The molecule has 3 heterocycles. The van der Waals surface area contributed by atoms with Crippen LogP contribution in [0.1, 0.15) is 93.4 Å². The van der Waals surface area contributed by atoms with Crippen LogP contribution < -0.4 is 24.2 Å². The average molecular weight is 974 g/mol. The number of nitrogens with one attached hydrogen (secondary N) is 2. The standard InChI is InChI=1S/C48H59F4N5O10S/c1-26(2)66-38-16-13-29(20-34(38)49)35-23-39(33-15-14-31(65-8)21-36(33)53-35)67-32-22-37-41(58)54-47(43(60)55-68(63,64)46(7)17-18-46)24-30(47)12-10-9-11-27(3)19-28(4)40(42(59)56(37)25-32)57(44(61)62)45(5,6)48(50,51)52/h10,12-16,20-21,23,26-28,30,32,37,40H,9,11,17-19,22,24-25H2,1-8H3,(H,54,58)(H,55,60)(H,61,62)/b12-10-/t27-,28-,30-,32-,37+,40+,47-/m1/s1. The number of aromatic nitrogens is 1. The van der Waals surface area contributed by atoms with E-state index < -0.39 is 98.2 Å². The number of benzene rings is 2. The molecule has 2 saturated carbocycles. The summed E-state index contributed by atoms with van der Waals surface area (Å²) in [6, 6.07) is 7.26. The Morgan fingerprint density at radius 1 is 1.04 bits per heavy atom. The van der Waals surface area contributed by atoms with Crippen LogP contribution in [0.5, 0.6) is 17.2 Å². The Bertz CT molecular complexity index is 2620. The SMILES string of the molecule is COc1ccc2c(O[C@@H]3C[C@H]4C(=O)N[C@]5(C(=O)NS(=O)(=O)C6(C)CC6)C[C@H]5/C=C\CC[C@@H](C)C[C@@H](C)[C@H](N(C(=O)O)C(C)(C)C(F)(F)F)C(=O)N4C3)cc(-c3ccc(OC(C)C)c(F)c3)nc2c1. The number of rotatable bonds is 11. The van der Waals surface area contributed by atoms with Gasteiger partial charge in [0.1, 0.15) is 40.8 Å². The molecule has 3 fully saturated rings. The molecule has 370 valence electrons. The minimum atomic E-state index is -5.14. The number of hydrogen-bond donors (Lipinski definition) is 3. The lowest BCUT2D eigenvalue weighted by Gasteiger charge is -2.45. The highest BCUT2D eigenvalue weighted by Gasteiger charge is 2.64. The van der Waals surface area contributed by atoms with Crippen LogP contribution >= 0.6 is 0 Å². The predicted octanol–water partition coefficient (Wildman–Crippen LogP) is 7.76. The smallest absolute Gasteiger partial charge is 0.411 e. The van der Waals surface area contributed by atoms with Gasteiger partial charge in [-0.1, -0.05) is 26.0 Å². The minimum Gasteiger partial charge on any atom is -0.497 e. The van der Waals surface area contributed by atoms with E-state index in [0.29, 0.717) is 61.7 Å². The van der Waals surface area contributed by atoms with Crippen LogP contribution in [0.25, 0.3) is 22.2 Å². The van der Waals surface area contributed by atoms with Crippen LogP contribution in [0.4, 0.5) is 22.4 Å². The number of methoxy groups -OCH3 is 1. The first-order valence-electron chi connectivity index (χ1n) is 22.8. The lowest BCUT2D eigenvalue weighted by atomic mass is 9.85. The molecule has 7 rings (SSSR count). The molecule has 3 aromatic rings. The van der Waals surface area contributed by atoms with Crippen molar-refractivity contribution in [2.75, 3.05) is 13.7 Å². The first-order valence-corrected chi connectivity index (χ1v) is 24.3. The molecular weight excluding hydrogens is 915 g/mol. The molecule has 15 nitrogen and oxygen atoms in total. The molecule has 2 aliphatic carbocycles. The quantitative estimate of drug-likeness (QED) is 0.126. The number of pyridine rings is 1. The molecule has 68 heavy (non-hydrogen) atoms. The molecule has 4 aliphatic rings. The van der Waals surface area contributed by atoms with Crippen LogP contribution in [-0.4, -0.2) is 112 Å². The van der Waals surface area contributed by atoms with Crippen LogP contribution in [0.15, 0.2) is 54.6 Å². The number of carbonyl (C=O) groups excluding carboxylic acids is 3. The number of carbonyl (C=O) groups is 4. The monoisotopic (exact) mass is 973 g/mol. The first kappa shape index (κ1) is 50.2. The fourth-order valence-corrected chi connectivity index (χ4v) is 10.6. The Hall–Kier alpha value is -5.66. The molecule has 1 saturated heterocycles. The molecule has 0 unspecified atom stereocenters. The van der Waals surface area contributed by atoms with Crippen LogP contribution in [-0.2, 0) is 24.4 Å². The predicted molar refractivity (Wildman–Crippen MR) is 243 cm³/mol. The van der Waals surface area contributed by atoms with Crippen molar-refractivity contribution >= 4 is 44.7 Å². The number of alkyl halides is 3. The summed E-state index contributed by atoms with van der Waals surface area (Å²) in [6.07, 6.45) is -3.64. The zero-order valence-corrected chi connectivity index (χ0v) is 40.1. The summed E-state index contributed by atoms with van der Waals surface area (Å²) in [5.41, 5.74) is -3.92. The summed E-state index contributed by atoms with van der Waals surface area (Å²) in [6.45, 7) is 9.27. The number of nitrogens with zero attached hydrogens (tertiary/aromatic N) is 3. The second kappa shape index (κ2) is 18.3. The van der Waals surface area contributed by atoms with Gasteiger partial charge < -0.3 is 29.5 Å². The topological polar surface area (TPSA) is 194 Å². The van der Waals surface area contributed by atoms with Crippen molar-refractivity contribution in [3.8, 4) is 28.5 Å². The number of allylic oxidation sites excluding steroid dienone is 1. The number of amides is 4. The van der Waals surface area contributed by atoms with E-state index in [1.807, 2.05) is 6.92 Å². The van der Waals surface area contributed by atoms with Gasteiger partial charge in [0.15, 0.2) is 11.6 Å². The molecule has 2 aliphatic heterocycles. The Morgan fingerprint density at radius 2 is 1.75 bits per heavy atom. The van der Waals surface area contributed by atoms with E-state index in [9.17, 15) is 41.1 Å². The third-order valence-corrected chi connectivity index (χ3v) is 16.0. The number of halogens is 4. The van der Waals surface area contributed by atoms with Gasteiger partial charge in [0, 0.05) is 35.4 Å².